The van der Waals surface area contributed by atoms with Gasteiger partial charge in [0.1, 0.15) is 0 Å². The standard InChI is InChI=1S/C10H9NO3.C2H7O4P/c1-14-9-6-4-2-3-5-7(6)11-10(13)8(9)12;1-5-7(3,4)6-2/h2-5,12H,1H3,(H,11,13);1-2H3,(H,3,4). The third-order valence-electron chi connectivity index (χ3n) is 2.52. The minimum absolute atomic E-state index is 0.212. The monoisotopic (exact) mass is 317 g/mol. The van der Waals surface area contributed by atoms with E-state index >= 15 is 0 Å². The van der Waals surface area contributed by atoms with Gasteiger partial charge in [0.05, 0.1) is 12.6 Å². The van der Waals surface area contributed by atoms with E-state index < -0.39 is 13.4 Å². The summed E-state index contributed by atoms with van der Waals surface area (Å²) in [5.74, 6) is -0.171. The van der Waals surface area contributed by atoms with Gasteiger partial charge in [-0.05, 0) is 12.1 Å². The van der Waals surface area contributed by atoms with Crippen molar-refractivity contribution in [1.29, 1.82) is 0 Å². The molecule has 1 aromatic carbocycles. The van der Waals surface area contributed by atoms with Gasteiger partial charge in [0.2, 0.25) is 5.75 Å². The van der Waals surface area contributed by atoms with E-state index in [0.29, 0.717) is 10.9 Å². The number of rotatable bonds is 3. The number of H-pyrrole nitrogens is 1. The quantitative estimate of drug-likeness (QED) is 0.736. The number of ether oxygens (including phenoxy) is 1. The summed E-state index contributed by atoms with van der Waals surface area (Å²) in [5, 5.41) is 10.1. The average Bonchev–Trinajstić information content (AvgIpc) is 2.49. The molecule has 0 saturated carbocycles. The second kappa shape index (κ2) is 7.24. The Morgan fingerprint density at radius 2 is 1.71 bits per heavy atom. The number of aromatic nitrogens is 1. The van der Waals surface area contributed by atoms with Crippen molar-refractivity contribution >= 4 is 18.7 Å². The highest BCUT2D eigenvalue weighted by Gasteiger charge is 2.13. The summed E-state index contributed by atoms with van der Waals surface area (Å²) in [6, 6.07) is 7.12. The van der Waals surface area contributed by atoms with Crippen molar-refractivity contribution in [2.45, 2.75) is 0 Å². The lowest BCUT2D eigenvalue weighted by molar-refractivity contribution is 0.204. The smallest absolute Gasteiger partial charge is 0.471 e. The van der Waals surface area contributed by atoms with Crippen LogP contribution in [0.25, 0.3) is 10.9 Å². The van der Waals surface area contributed by atoms with Crippen LogP contribution in [-0.2, 0) is 13.6 Å². The molecule has 0 aliphatic heterocycles. The lowest BCUT2D eigenvalue weighted by Gasteiger charge is -2.05. The van der Waals surface area contributed by atoms with E-state index in [0.717, 1.165) is 14.2 Å². The number of phosphoric acid groups is 1. The molecule has 0 atom stereocenters. The molecule has 0 fully saturated rings. The molecule has 21 heavy (non-hydrogen) atoms. The van der Waals surface area contributed by atoms with Crippen LogP contribution in [0.3, 0.4) is 0 Å². The van der Waals surface area contributed by atoms with Crippen LogP contribution in [0.4, 0.5) is 0 Å². The first-order chi connectivity index (χ1) is 9.86. The second-order valence-corrected chi connectivity index (χ2v) is 5.38. The second-order valence-electron chi connectivity index (χ2n) is 3.72. The molecule has 0 radical (unpaired) electrons. The molecule has 9 heteroatoms. The fourth-order valence-electron chi connectivity index (χ4n) is 1.48. The summed E-state index contributed by atoms with van der Waals surface area (Å²) in [6.07, 6.45) is 0. The number of hydrogen-bond acceptors (Lipinski definition) is 6. The largest absolute Gasteiger partial charge is 0.500 e. The fraction of sp³-hybridized carbons (Fsp3) is 0.250. The molecule has 0 spiro atoms. The molecule has 0 saturated heterocycles. The lowest BCUT2D eigenvalue weighted by Crippen LogP contribution is -2.06. The van der Waals surface area contributed by atoms with E-state index in [4.69, 9.17) is 9.63 Å². The molecule has 2 rings (SSSR count). The Labute approximate surface area is 120 Å². The van der Waals surface area contributed by atoms with Crippen LogP contribution in [-0.4, -0.2) is 36.3 Å². The van der Waals surface area contributed by atoms with Crippen LogP contribution < -0.4 is 10.3 Å². The van der Waals surface area contributed by atoms with E-state index in [9.17, 15) is 14.5 Å². The predicted octanol–water partition coefficient (Wildman–Crippen LogP) is 1.62. The maximum absolute atomic E-state index is 11.2. The van der Waals surface area contributed by atoms with Crippen LogP contribution in [0.1, 0.15) is 0 Å². The minimum atomic E-state index is -3.65. The number of hydrogen-bond donors (Lipinski definition) is 3. The van der Waals surface area contributed by atoms with Gasteiger partial charge in [-0.1, -0.05) is 12.1 Å². The number of aromatic hydroxyl groups is 1. The topological polar surface area (TPSA) is 118 Å². The maximum atomic E-state index is 11.2. The summed E-state index contributed by atoms with van der Waals surface area (Å²) in [4.78, 5) is 22.0. The maximum Gasteiger partial charge on any atom is 0.471 e. The van der Waals surface area contributed by atoms with Crippen LogP contribution >= 0.6 is 7.82 Å². The van der Waals surface area contributed by atoms with Crippen LogP contribution in [0.15, 0.2) is 29.1 Å². The molecule has 2 aromatic rings. The van der Waals surface area contributed by atoms with Gasteiger partial charge < -0.3 is 19.7 Å². The van der Waals surface area contributed by atoms with Gasteiger partial charge in [-0.2, -0.15) is 0 Å². The Balaban J connectivity index is 0.000000270. The third kappa shape index (κ3) is 4.30. The zero-order chi connectivity index (χ0) is 16.0. The molecule has 1 aromatic heterocycles. The summed E-state index contributed by atoms with van der Waals surface area (Å²) in [6.45, 7) is 0. The first kappa shape index (κ1) is 17.2. The number of aromatic amines is 1. The SMILES string of the molecule is COP(=O)(O)OC.COc1c(O)c(=O)[nH]c2ccccc12. The molecule has 3 N–H and O–H groups in total. The molecular weight excluding hydrogens is 301 g/mol. The van der Waals surface area contributed by atoms with Crippen molar-refractivity contribution in [3.05, 3.63) is 34.6 Å². The van der Waals surface area contributed by atoms with Gasteiger partial charge in [0.15, 0.2) is 5.75 Å². The number of fused-ring (bicyclic) bond motifs is 1. The Hall–Kier alpha value is -1.86. The Morgan fingerprint density at radius 3 is 2.19 bits per heavy atom. The number of phosphoric ester groups is 1. The van der Waals surface area contributed by atoms with E-state index in [1.165, 1.54) is 7.11 Å². The average molecular weight is 317 g/mol. The number of methoxy groups -OCH3 is 1. The molecule has 0 unspecified atom stereocenters. The highest BCUT2D eigenvalue weighted by Crippen LogP contribution is 2.40. The summed E-state index contributed by atoms with van der Waals surface area (Å²) in [7, 11) is -0.0338. The normalized spacial score (nSPS) is 10.9. The Bertz CT molecular complexity index is 704. The van der Waals surface area contributed by atoms with E-state index in [1.54, 1.807) is 18.2 Å². The Morgan fingerprint density at radius 1 is 1.14 bits per heavy atom. The van der Waals surface area contributed by atoms with E-state index in [1.807, 2.05) is 6.07 Å². The van der Waals surface area contributed by atoms with Crippen molar-refractivity contribution in [2.24, 2.45) is 0 Å². The third-order valence-corrected chi connectivity index (χ3v) is 3.44. The number of pyridine rings is 1. The van der Waals surface area contributed by atoms with E-state index in [-0.39, 0.29) is 11.5 Å². The van der Waals surface area contributed by atoms with Crippen molar-refractivity contribution in [3.8, 4) is 11.5 Å². The fourth-order valence-corrected chi connectivity index (χ4v) is 1.63. The molecule has 1 heterocycles. The van der Waals surface area contributed by atoms with Gasteiger partial charge in [0.25, 0.3) is 5.56 Å². The highest BCUT2D eigenvalue weighted by molar-refractivity contribution is 7.47. The molecule has 8 nitrogen and oxygen atoms in total. The number of nitrogens with one attached hydrogen (secondary N) is 1. The van der Waals surface area contributed by atoms with Gasteiger partial charge in [-0.3, -0.25) is 13.8 Å². The summed E-state index contributed by atoms with van der Waals surface area (Å²) in [5.41, 5.74) is 0.104. The number of para-hydroxylation sites is 1. The zero-order valence-electron chi connectivity index (χ0n) is 11.7. The molecule has 0 aliphatic carbocycles. The van der Waals surface area contributed by atoms with Crippen molar-refractivity contribution in [2.75, 3.05) is 21.3 Å². The summed E-state index contributed by atoms with van der Waals surface area (Å²) < 4.78 is 23.0. The van der Waals surface area contributed by atoms with Crippen LogP contribution in [0.5, 0.6) is 11.5 Å². The van der Waals surface area contributed by atoms with Crippen molar-refractivity contribution in [3.63, 3.8) is 0 Å². The molecule has 0 bridgehead atoms. The highest BCUT2D eigenvalue weighted by atomic mass is 31.2. The van der Waals surface area contributed by atoms with Crippen molar-refractivity contribution < 1.29 is 28.3 Å². The number of benzene rings is 1. The Kier molecular flexibility index (Phi) is 5.92. The van der Waals surface area contributed by atoms with Crippen LogP contribution in [0.2, 0.25) is 0 Å². The van der Waals surface area contributed by atoms with Crippen molar-refractivity contribution in [1.82, 2.24) is 4.98 Å². The van der Waals surface area contributed by atoms with Gasteiger partial charge in [-0.25, -0.2) is 4.57 Å². The minimum Gasteiger partial charge on any atom is -0.500 e. The van der Waals surface area contributed by atoms with Gasteiger partial charge >= 0.3 is 7.82 Å². The first-order valence-corrected chi connectivity index (χ1v) is 7.18. The van der Waals surface area contributed by atoms with E-state index in [2.05, 4.69) is 14.0 Å². The molecular formula is C12H16NO7P. The first-order valence-electron chi connectivity index (χ1n) is 5.68. The summed E-state index contributed by atoms with van der Waals surface area (Å²) >= 11 is 0. The lowest BCUT2D eigenvalue weighted by atomic mass is 10.2. The predicted molar refractivity (Wildman–Crippen MR) is 76.6 cm³/mol. The zero-order valence-corrected chi connectivity index (χ0v) is 12.6. The molecule has 0 aliphatic rings. The van der Waals surface area contributed by atoms with Crippen LogP contribution in [0, 0.1) is 0 Å². The van der Waals surface area contributed by atoms with Gasteiger partial charge in [-0.15, -0.1) is 0 Å². The molecule has 0 amide bonds. The molecule has 116 valence electrons. The van der Waals surface area contributed by atoms with Gasteiger partial charge in [0, 0.05) is 19.6 Å².